The highest BCUT2D eigenvalue weighted by Gasteiger charge is 2.29. The quantitative estimate of drug-likeness (QED) is 0.945. The van der Waals surface area contributed by atoms with Crippen LogP contribution in [0.4, 0.5) is 0 Å². The third-order valence-corrected chi connectivity index (χ3v) is 7.29. The van der Waals surface area contributed by atoms with Gasteiger partial charge in [0.25, 0.3) is 10.0 Å². The minimum Gasteiger partial charge on any atom is -0.508 e. The van der Waals surface area contributed by atoms with E-state index in [1.165, 1.54) is 15.6 Å². The Labute approximate surface area is 128 Å². The second-order valence-electron chi connectivity index (χ2n) is 5.12. The van der Waals surface area contributed by atoms with Crippen molar-refractivity contribution in [2.75, 3.05) is 6.54 Å². The molecule has 0 aliphatic carbocycles. The van der Waals surface area contributed by atoms with Crippen LogP contribution in [0, 0.1) is 0 Å². The predicted octanol–water partition coefficient (Wildman–Crippen LogP) is 2.76. The van der Waals surface area contributed by atoms with Crippen molar-refractivity contribution in [3.63, 3.8) is 0 Å². The maximum Gasteiger partial charge on any atom is 0.252 e. The van der Waals surface area contributed by atoms with Crippen LogP contribution >= 0.6 is 11.3 Å². The lowest BCUT2D eigenvalue weighted by molar-refractivity contribution is 0.390. The molecule has 4 nitrogen and oxygen atoms in total. The van der Waals surface area contributed by atoms with Crippen LogP contribution in [0.2, 0.25) is 0 Å². The van der Waals surface area contributed by atoms with Crippen LogP contribution < -0.4 is 0 Å². The standard InChI is InChI=1S/C15H17NO3S2/c1-2-14-5-6-15(20-14)21(18,19)16-8-7-11-3-4-13(17)9-12(11)10-16/h3-6,9,17H,2,7-8,10H2,1H3. The van der Waals surface area contributed by atoms with Gasteiger partial charge in [0, 0.05) is 18.0 Å². The molecule has 21 heavy (non-hydrogen) atoms. The van der Waals surface area contributed by atoms with Crippen LogP contribution in [0.3, 0.4) is 0 Å². The third-order valence-electron chi connectivity index (χ3n) is 3.75. The minimum atomic E-state index is -3.44. The predicted molar refractivity (Wildman–Crippen MR) is 83.1 cm³/mol. The molecule has 0 saturated carbocycles. The Balaban J connectivity index is 1.91. The number of sulfonamides is 1. The number of nitrogens with zero attached hydrogens (tertiary/aromatic N) is 1. The Kier molecular flexibility index (Phi) is 3.77. The first-order valence-corrected chi connectivity index (χ1v) is 9.16. The molecule has 112 valence electrons. The summed E-state index contributed by atoms with van der Waals surface area (Å²) < 4.78 is 27.3. The molecule has 1 aromatic heterocycles. The number of fused-ring (bicyclic) bond motifs is 1. The fourth-order valence-electron chi connectivity index (χ4n) is 2.54. The second kappa shape index (κ2) is 5.44. The average Bonchev–Trinajstić information content (AvgIpc) is 2.96. The van der Waals surface area contributed by atoms with Gasteiger partial charge in [0.05, 0.1) is 0 Å². The SMILES string of the molecule is CCc1ccc(S(=O)(=O)N2CCc3ccc(O)cc3C2)s1. The summed E-state index contributed by atoms with van der Waals surface area (Å²) in [7, 11) is -3.44. The second-order valence-corrected chi connectivity index (χ2v) is 8.45. The summed E-state index contributed by atoms with van der Waals surface area (Å²) in [4.78, 5) is 1.07. The number of rotatable bonds is 3. The van der Waals surface area contributed by atoms with E-state index in [9.17, 15) is 13.5 Å². The average molecular weight is 323 g/mol. The minimum absolute atomic E-state index is 0.178. The molecule has 2 aromatic rings. The normalized spacial score (nSPS) is 15.9. The number of phenols is 1. The van der Waals surface area contributed by atoms with E-state index < -0.39 is 10.0 Å². The zero-order valence-corrected chi connectivity index (χ0v) is 13.4. The number of phenolic OH excluding ortho intramolecular Hbond substituents is 1. The first-order chi connectivity index (χ1) is 10.0. The molecule has 0 spiro atoms. The first kappa shape index (κ1) is 14.6. The van der Waals surface area contributed by atoms with Crippen molar-refractivity contribution in [2.24, 2.45) is 0 Å². The van der Waals surface area contributed by atoms with E-state index in [2.05, 4.69) is 0 Å². The molecule has 1 aliphatic heterocycles. The van der Waals surface area contributed by atoms with Crippen molar-refractivity contribution in [3.05, 3.63) is 46.3 Å². The van der Waals surface area contributed by atoms with Gasteiger partial charge in [-0.1, -0.05) is 13.0 Å². The molecule has 0 bridgehead atoms. The summed E-state index contributed by atoms with van der Waals surface area (Å²) in [6.07, 6.45) is 1.53. The Morgan fingerprint density at radius 1 is 1.24 bits per heavy atom. The van der Waals surface area contributed by atoms with Gasteiger partial charge < -0.3 is 5.11 Å². The first-order valence-electron chi connectivity index (χ1n) is 6.90. The molecule has 0 saturated heterocycles. The van der Waals surface area contributed by atoms with Crippen molar-refractivity contribution < 1.29 is 13.5 Å². The molecule has 0 unspecified atom stereocenters. The van der Waals surface area contributed by atoms with E-state index in [1.54, 1.807) is 18.2 Å². The maximum atomic E-state index is 12.7. The van der Waals surface area contributed by atoms with Gasteiger partial charge in [-0.2, -0.15) is 4.31 Å². The molecule has 0 fully saturated rings. The molecule has 3 rings (SSSR count). The van der Waals surface area contributed by atoms with Crippen LogP contribution in [-0.4, -0.2) is 24.4 Å². The van der Waals surface area contributed by atoms with E-state index in [-0.39, 0.29) is 5.75 Å². The van der Waals surface area contributed by atoms with Gasteiger partial charge in [-0.15, -0.1) is 11.3 Å². The molecular formula is C15H17NO3S2. The smallest absolute Gasteiger partial charge is 0.252 e. The Morgan fingerprint density at radius 3 is 2.76 bits per heavy atom. The van der Waals surface area contributed by atoms with Crippen molar-refractivity contribution in [2.45, 2.75) is 30.5 Å². The topological polar surface area (TPSA) is 57.6 Å². The van der Waals surface area contributed by atoms with Crippen LogP contribution in [0.1, 0.15) is 22.9 Å². The lowest BCUT2D eigenvalue weighted by Gasteiger charge is -2.27. The number of aryl methyl sites for hydroxylation is 1. The van der Waals surface area contributed by atoms with Gasteiger partial charge in [-0.05, 0) is 48.2 Å². The number of benzene rings is 1. The highest BCUT2D eigenvalue weighted by molar-refractivity contribution is 7.91. The zero-order chi connectivity index (χ0) is 15.0. The summed E-state index contributed by atoms with van der Waals surface area (Å²) in [5.41, 5.74) is 2.00. The Morgan fingerprint density at radius 2 is 2.05 bits per heavy atom. The molecule has 2 heterocycles. The zero-order valence-electron chi connectivity index (χ0n) is 11.7. The van der Waals surface area contributed by atoms with Crippen LogP contribution in [0.5, 0.6) is 5.75 Å². The Hall–Kier alpha value is -1.37. The van der Waals surface area contributed by atoms with Gasteiger partial charge in [-0.3, -0.25) is 0 Å². The summed E-state index contributed by atoms with van der Waals surface area (Å²) in [6, 6.07) is 8.74. The van der Waals surface area contributed by atoms with Crippen LogP contribution in [0.25, 0.3) is 0 Å². The number of hydrogen-bond acceptors (Lipinski definition) is 4. The monoisotopic (exact) mass is 323 g/mol. The lowest BCUT2D eigenvalue weighted by Crippen LogP contribution is -2.35. The number of thiophene rings is 1. The summed E-state index contributed by atoms with van der Waals surface area (Å²) in [6.45, 7) is 2.83. The van der Waals surface area contributed by atoms with Crippen molar-refractivity contribution in [1.82, 2.24) is 4.31 Å². The maximum absolute atomic E-state index is 12.7. The summed E-state index contributed by atoms with van der Waals surface area (Å²) in [5.74, 6) is 0.178. The third kappa shape index (κ3) is 2.71. The van der Waals surface area contributed by atoms with Crippen LogP contribution in [-0.2, 0) is 29.4 Å². The van der Waals surface area contributed by atoms with Gasteiger partial charge in [0.15, 0.2) is 0 Å². The molecule has 1 aromatic carbocycles. The molecule has 0 radical (unpaired) electrons. The fourth-order valence-corrected chi connectivity index (χ4v) is 5.41. The number of hydrogen-bond donors (Lipinski definition) is 1. The van der Waals surface area contributed by atoms with Crippen molar-refractivity contribution in [3.8, 4) is 5.75 Å². The van der Waals surface area contributed by atoms with Gasteiger partial charge in [0.1, 0.15) is 9.96 Å². The van der Waals surface area contributed by atoms with E-state index in [1.807, 2.05) is 19.1 Å². The van der Waals surface area contributed by atoms with Gasteiger partial charge >= 0.3 is 0 Å². The molecule has 6 heteroatoms. The molecule has 1 aliphatic rings. The highest BCUT2D eigenvalue weighted by Crippen LogP contribution is 2.30. The largest absolute Gasteiger partial charge is 0.508 e. The summed E-state index contributed by atoms with van der Waals surface area (Å²) >= 11 is 1.34. The van der Waals surface area contributed by atoms with E-state index in [0.29, 0.717) is 23.7 Å². The highest BCUT2D eigenvalue weighted by atomic mass is 32.2. The van der Waals surface area contributed by atoms with Crippen molar-refractivity contribution >= 4 is 21.4 Å². The van der Waals surface area contributed by atoms with E-state index in [4.69, 9.17) is 0 Å². The van der Waals surface area contributed by atoms with Gasteiger partial charge in [0.2, 0.25) is 0 Å². The van der Waals surface area contributed by atoms with Crippen molar-refractivity contribution in [1.29, 1.82) is 0 Å². The van der Waals surface area contributed by atoms with E-state index >= 15 is 0 Å². The fraction of sp³-hybridized carbons (Fsp3) is 0.333. The van der Waals surface area contributed by atoms with Crippen LogP contribution in [0.15, 0.2) is 34.5 Å². The van der Waals surface area contributed by atoms with E-state index in [0.717, 1.165) is 22.4 Å². The lowest BCUT2D eigenvalue weighted by atomic mass is 10.0. The molecule has 0 amide bonds. The molecular weight excluding hydrogens is 306 g/mol. The summed E-state index contributed by atoms with van der Waals surface area (Å²) in [5, 5.41) is 9.56. The van der Waals surface area contributed by atoms with Gasteiger partial charge in [-0.25, -0.2) is 8.42 Å². The molecule has 0 atom stereocenters. The molecule has 1 N–H and O–H groups in total. The Bertz CT molecular complexity index is 765. The number of aromatic hydroxyl groups is 1.